The van der Waals surface area contributed by atoms with E-state index in [1.807, 2.05) is 50.4 Å². The Kier molecular flexibility index (Phi) is 6.55. The summed E-state index contributed by atoms with van der Waals surface area (Å²) < 4.78 is 0. The highest BCUT2D eigenvalue weighted by Crippen LogP contribution is 2.31. The summed E-state index contributed by atoms with van der Waals surface area (Å²) in [5, 5.41) is 2.91. The van der Waals surface area contributed by atoms with Crippen molar-refractivity contribution in [3.05, 3.63) is 89.5 Å². The predicted molar refractivity (Wildman–Crippen MR) is 131 cm³/mol. The molecule has 5 nitrogen and oxygen atoms in total. The Morgan fingerprint density at radius 3 is 2.22 bits per heavy atom. The van der Waals surface area contributed by atoms with Crippen molar-refractivity contribution in [1.29, 1.82) is 0 Å². The van der Waals surface area contributed by atoms with Gasteiger partial charge in [-0.15, -0.1) is 0 Å². The molecule has 1 N–H and O–H groups in total. The highest BCUT2D eigenvalue weighted by Gasteiger charge is 2.20. The molecular weight excluding hydrogens is 398 g/mol. The highest BCUT2D eigenvalue weighted by atomic mass is 16.2. The number of nitrogens with zero attached hydrogens (tertiary/aromatic N) is 2. The van der Waals surface area contributed by atoms with Gasteiger partial charge in [-0.3, -0.25) is 9.59 Å². The monoisotopic (exact) mass is 427 g/mol. The van der Waals surface area contributed by atoms with E-state index in [0.717, 1.165) is 30.0 Å². The van der Waals surface area contributed by atoms with Gasteiger partial charge in [0.25, 0.3) is 11.8 Å². The number of hydrogen-bond donors (Lipinski definition) is 1. The van der Waals surface area contributed by atoms with Crippen molar-refractivity contribution >= 4 is 28.9 Å². The van der Waals surface area contributed by atoms with E-state index in [1.165, 1.54) is 19.3 Å². The number of benzene rings is 3. The van der Waals surface area contributed by atoms with Gasteiger partial charge in [-0.25, -0.2) is 0 Å². The molecular formula is C27H29N3O2. The Labute approximate surface area is 189 Å². The van der Waals surface area contributed by atoms with Crippen LogP contribution in [0.15, 0.2) is 72.8 Å². The minimum absolute atomic E-state index is 0.0776. The van der Waals surface area contributed by atoms with E-state index in [2.05, 4.69) is 16.3 Å². The SMILES string of the molecule is Cc1ccccc1C(=O)Nc1ccc(C(=O)N(C)c2ccccc2N2CCCCC2)cc1. The van der Waals surface area contributed by atoms with Crippen molar-refractivity contribution in [2.75, 3.05) is 35.3 Å². The highest BCUT2D eigenvalue weighted by molar-refractivity contribution is 6.08. The molecule has 164 valence electrons. The molecule has 0 saturated carbocycles. The minimum Gasteiger partial charge on any atom is -0.370 e. The zero-order valence-electron chi connectivity index (χ0n) is 18.7. The summed E-state index contributed by atoms with van der Waals surface area (Å²) in [4.78, 5) is 29.8. The maximum Gasteiger partial charge on any atom is 0.258 e. The molecule has 0 aliphatic carbocycles. The normalized spacial score (nSPS) is 13.5. The van der Waals surface area contributed by atoms with Crippen LogP contribution < -0.4 is 15.1 Å². The molecule has 3 aromatic carbocycles. The lowest BCUT2D eigenvalue weighted by Gasteiger charge is -2.32. The quantitative estimate of drug-likeness (QED) is 0.584. The molecule has 0 aromatic heterocycles. The zero-order valence-corrected chi connectivity index (χ0v) is 18.7. The molecule has 0 atom stereocenters. The van der Waals surface area contributed by atoms with Gasteiger partial charge >= 0.3 is 0 Å². The van der Waals surface area contributed by atoms with Crippen molar-refractivity contribution in [2.45, 2.75) is 26.2 Å². The van der Waals surface area contributed by atoms with Gasteiger partial charge in [0.15, 0.2) is 0 Å². The number of nitrogens with one attached hydrogen (secondary N) is 1. The zero-order chi connectivity index (χ0) is 22.5. The van der Waals surface area contributed by atoms with Crippen LogP contribution in [0.2, 0.25) is 0 Å². The lowest BCUT2D eigenvalue weighted by atomic mass is 10.1. The van der Waals surface area contributed by atoms with Crippen molar-refractivity contribution in [3.8, 4) is 0 Å². The third-order valence-electron chi connectivity index (χ3n) is 6.02. The Morgan fingerprint density at radius 2 is 1.50 bits per heavy atom. The number of aryl methyl sites for hydroxylation is 1. The maximum atomic E-state index is 13.2. The third-order valence-corrected chi connectivity index (χ3v) is 6.02. The molecule has 0 radical (unpaired) electrons. The number of amides is 2. The Balaban J connectivity index is 1.48. The van der Waals surface area contributed by atoms with Crippen LogP contribution in [0, 0.1) is 6.92 Å². The summed E-state index contributed by atoms with van der Waals surface area (Å²) in [5.41, 5.74) is 4.81. The fraction of sp³-hybridized carbons (Fsp3) is 0.259. The summed E-state index contributed by atoms with van der Waals surface area (Å²) in [6, 6.07) is 22.6. The molecule has 1 heterocycles. The van der Waals surface area contributed by atoms with Crippen LogP contribution >= 0.6 is 0 Å². The van der Waals surface area contributed by atoms with E-state index in [9.17, 15) is 9.59 Å². The van der Waals surface area contributed by atoms with Gasteiger partial charge < -0.3 is 15.1 Å². The van der Waals surface area contributed by atoms with Gasteiger partial charge in [0.05, 0.1) is 11.4 Å². The Morgan fingerprint density at radius 1 is 0.844 bits per heavy atom. The van der Waals surface area contributed by atoms with E-state index in [4.69, 9.17) is 0 Å². The van der Waals surface area contributed by atoms with Gasteiger partial charge in [0, 0.05) is 37.0 Å². The number of rotatable bonds is 5. The number of anilines is 3. The van der Waals surface area contributed by atoms with E-state index >= 15 is 0 Å². The molecule has 0 spiro atoms. The average Bonchev–Trinajstić information content (AvgIpc) is 2.84. The lowest BCUT2D eigenvalue weighted by molar-refractivity contribution is 0.0991. The van der Waals surface area contributed by atoms with E-state index in [1.54, 1.807) is 35.2 Å². The van der Waals surface area contributed by atoms with Crippen LogP contribution in [0.4, 0.5) is 17.1 Å². The second-order valence-corrected chi connectivity index (χ2v) is 8.25. The fourth-order valence-electron chi connectivity index (χ4n) is 4.18. The van der Waals surface area contributed by atoms with Crippen LogP contribution in [-0.4, -0.2) is 32.0 Å². The van der Waals surface area contributed by atoms with E-state index < -0.39 is 0 Å². The van der Waals surface area contributed by atoms with Gasteiger partial charge in [0.2, 0.25) is 0 Å². The Bertz CT molecular complexity index is 1100. The second kappa shape index (κ2) is 9.69. The van der Waals surface area contributed by atoms with Gasteiger partial charge in [-0.1, -0.05) is 30.3 Å². The van der Waals surface area contributed by atoms with Crippen LogP contribution in [0.1, 0.15) is 45.5 Å². The number of hydrogen-bond acceptors (Lipinski definition) is 3. The first-order chi connectivity index (χ1) is 15.5. The molecule has 1 aliphatic heterocycles. The molecule has 2 amide bonds. The number of para-hydroxylation sites is 2. The largest absolute Gasteiger partial charge is 0.370 e. The van der Waals surface area contributed by atoms with Crippen LogP contribution in [0.5, 0.6) is 0 Å². The predicted octanol–water partition coefficient (Wildman–Crippen LogP) is 5.51. The summed E-state index contributed by atoms with van der Waals surface area (Å²) in [6.45, 7) is 3.96. The summed E-state index contributed by atoms with van der Waals surface area (Å²) in [7, 11) is 1.82. The molecule has 3 aromatic rings. The van der Waals surface area contributed by atoms with E-state index in [-0.39, 0.29) is 11.8 Å². The Hall–Kier alpha value is -3.60. The molecule has 0 bridgehead atoms. The average molecular weight is 428 g/mol. The number of carbonyl (C=O) groups is 2. The summed E-state index contributed by atoms with van der Waals surface area (Å²) in [5.74, 6) is -0.235. The topological polar surface area (TPSA) is 52.7 Å². The lowest BCUT2D eigenvalue weighted by Crippen LogP contribution is -2.33. The minimum atomic E-state index is -0.158. The standard InChI is InChI=1S/C27H29N3O2/c1-20-10-4-5-11-23(20)26(31)28-22-16-14-21(15-17-22)27(32)29(2)24-12-6-7-13-25(24)30-18-8-3-9-19-30/h4-7,10-17H,3,8-9,18-19H2,1-2H3,(H,28,31). The summed E-state index contributed by atoms with van der Waals surface area (Å²) >= 11 is 0. The first kappa shape index (κ1) is 21.6. The summed E-state index contributed by atoms with van der Waals surface area (Å²) in [6.07, 6.45) is 3.63. The smallest absolute Gasteiger partial charge is 0.258 e. The fourth-order valence-corrected chi connectivity index (χ4v) is 4.18. The second-order valence-electron chi connectivity index (χ2n) is 8.25. The first-order valence-corrected chi connectivity index (χ1v) is 11.1. The van der Waals surface area contributed by atoms with Crippen LogP contribution in [0.25, 0.3) is 0 Å². The molecule has 0 unspecified atom stereocenters. The van der Waals surface area contributed by atoms with Crippen molar-refractivity contribution < 1.29 is 9.59 Å². The van der Waals surface area contributed by atoms with Gasteiger partial charge in [-0.2, -0.15) is 0 Å². The molecule has 32 heavy (non-hydrogen) atoms. The van der Waals surface area contributed by atoms with Crippen LogP contribution in [-0.2, 0) is 0 Å². The molecule has 5 heteroatoms. The van der Waals surface area contributed by atoms with E-state index in [0.29, 0.717) is 16.8 Å². The molecule has 1 aliphatic rings. The number of piperidine rings is 1. The van der Waals surface area contributed by atoms with Crippen molar-refractivity contribution in [3.63, 3.8) is 0 Å². The molecule has 1 fully saturated rings. The molecule has 1 saturated heterocycles. The molecule has 4 rings (SSSR count). The van der Waals surface area contributed by atoms with Gasteiger partial charge in [-0.05, 0) is 74.2 Å². The maximum absolute atomic E-state index is 13.2. The third kappa shape index (κ3) is 4.67. The van der Waals surface area contributed by atoms with Crippen molar-refractivity contribution in [2.24, 2.45) is 0 Å². The van der Waals surface area contributed by atoms with Gasteiger partial charge in [0.1, 0.15) is 0 Å². The van der Waals surface area contributed by atoms with Crippen molar-refractivity contribution in [1.82, 2.24) is 0 Å². The first-order valence-electron chi connectivity index (χ1n) is 11.1. The number of carbonyl (C=O) groups excluding carboxylic acids is 2. The van der Waals surface area contributed by atoms with Crippen LogP contribution in [0.3, 0.4) is 0 Å².